The molecule has 2 aliphatic heterocycles. The molecule has 0 aliphatic carbocycles. The minimum absolute atomic E-state index is 0.0621. The first-order valence-corrected chi connectivity index (χ1v) is 13.6. The number of nitriles is 1. The molecule has 0 aromatic carbocycles. The van der Waals surface area contributed by atoms with Gasteiger partial charge in [0.1, 0.15) is 23.4 Å². The van der Waals surface area contributed by atoms with E-state index in [0.717, 1.165) is 36.9 Å². The number of rotatable bonds is 10. The third kappa shape index (κ3) is 7.28. The molecule has 2 aliphatic rings. The molecule has 0 bridgehead atoms. The largest absolute Gasteiger partial charge is 0.383 e. The Morgan fingerprint density at radius 1 is 1.17 bits per heavy atom. The molecule has 0 unspecified atom stereocenters. The first kappa shape index (κ1) is 30.1. The Balaban J connectivity index is 1.61. The van der Waals surface area contributed by atoms with Crippen molar-refractivity contribution in [1.29, 1.82) is 5.26 Å². The van der Waals surface area contributed by atoms with Gasteiger partial charge in [0, 0.05) is 66.3 Å². The van der Waals surface area contributed by atoms with E-state index in [4.69, 9.17) is 19.2 Å². The number of hydrogen-bond donors (Lipinski definition) is 2. The van der Waals surface area contributed by atoms with E-state index >= 15 is 0 Å². The molecular weight excluding hydrogens is 528 g/mol. The summed E-state index contributed by atoms with van der Waals surface area (Å²) in [6, 6.07) is 5.35. The number of nitrogens with one attached hydrogen (secondary N) is 2. The van der Waals surface area contributed by atoms with E-state index in [9.17, 15) is 14.9 Å². The summed E-state index contributed by atoms with van der Waals surface area (Å²) >= 11 is 0. The molecule has 0 radical (unpaired) electrons. The zero-order valence-electron chi connectivity index (χ0n) is 24.1. The average molecular weight is 567 g/mol. The number of carbonyl (C=O) groups is 2. The van der Waals surface area contributed by atoms with Gasteiger partial charge in [-0.15, -0.1) is 0 Å². The Hall–Kier alpha value is -3.83. The summed E-state index contributed by atoms with van der Waals surface area (Å²) in [5.41, 5.74) is 3.18. The number of hydrogen-bond acceptors (Lipinski definition) is 10. The van der Waals surface area contributed by atoms with E-state index in [2.05, 4.69) is 21.7 Å². The fourth-order valence-corrected chi connectivity index (χ4v) is 5.07. The molecule has 13 nitrogen and oxygen atoms in total. The van der Waals surface area contributed by atoms with Crippen molar-refractivity contribution in [3.05, 3.63) is 40.7 Å². The Bertz CT molecular complexity index is 1280. The van der Waals surface area contributed by atoms with Crippen LogP contribution in [0.15, 0.2) is 18.3 Å². The number of urea groups is 1. The van der Waals surface area contributed by atoms with Gasteiger partial charge in [0.15, 0.2) is 0 Å². The quantitative estimate of drug-likeness (QED) is 0.325. The molecule has 220 valence electrons. The van der Waals surface area contributed by atoms with Gasteiger partial charge in [0.05, 0.1) is 24.4 Å². The molecule has 4 heterocycles. The van der Waals surface area contributed by atoms with Crippen LogP contribution < -0.4 is 15.5 Å². The number of carbonyl (C=O) groups excluding carboxylic acids is 2. The fraction of sp³-hybridized carbons (Fsp3) is 0.536. The van der Waals surface area contributed by atoms with Crippen LogP contribution in [0.1, 0.15) is 41.5 Å². The summed E-state index contributed by atoms with van der Waals surface area (Å²) in [6.45, 7) is 3.68. The van der Waals surface area contributed by atoms with Gasteiger partial charge in [0.2, 0.25) is 12.2 Å². The number of aromatic nitrogens is 2. The first-order valence-electron chi connectivity index (χ1n) is 13.6. The Morgan fingerprint density at radius 3 is 2.71 bits per heavy atom. The Morgan fingerprint density at radius 2 is 1.98 bits per heavy atom. The first-order chi connectivity index (χ1) is 19.9. The van der Waals surface area contributed by atoms with Gasteiger partial charge < -0.3 is 24.4 Å². The second-order valence-corrected chi connectivity index (χ2v) is 10.1. The molecule has 41 heavy (non-hydrogen) atoms. The minimum atomic E-state index is -0.771. The maximum atomic E-state index is 13.5. The summed E-state index contributed by atoms with van der Waals surface area (Å²) < 4.78 is 16.2. The third-order valence-corrected chi connectivity index (χ3v) is 7.14. The molecule has 3 amide bonds. The summed E-state index contributed by atoms with van der Waals surface area (Å²) in [7, 11) is 6.61. The van der Waals surface area contributed by atoms with Gasteiger partial charge in [-0.05, 0) is 43.5 Å². The van der Waals surface area contributed by atoms with Crippen LogP contribution in [-0.4, -0.2) is 99.4 Å². The number of aryl methyl sites for hydroxylation is 1. The molecule has 2 aromatic rings. The highest BCUT2D eigenvalue weighted by Crippen LogP contribution is 2.32. The number of likely N-dealkylation sites (N-methyl/N-ethyl adjacent to an activating group) is 1. The van der Waals surface area contributed by atoms with Crippen molar-refractivity contribution < 1.29 is 23.8 Å². The van der Waals surface area contributed by atoms with Gasteiger partial charge in [-0.1, -0.05) is 0 Å². The molecule has 2 aromatic heterocycles. The summed E-state index contributed by atoms with van der Waals surface area (Å²) in [5, 5.41) is 15.4. The summed E-state index contributed by atoms with van der Waals surface area (Å²) in [6.07, 6.45) is 3.02. The minimum Gasteiger partial charge on any atom is -0.383 e. The average Bonchev–Trinajstić information content (AvgIpc) is 3.12. The van der Waals surface area contributed by atoms with Gasteiger partial charge in [-0.25, -0.2) is 14.8 Å². The predicted octanol–water partition coefficient (Wildman–Crippen LogP) is 2.35. The van der Waals surface area contributed by atoms with Crippen molar-refractivity contribution in [3.8, 4) is 6.07 Å². The maximum Gasteiger partial charge on any atom is 0.328 e. The number of nitrogens with zero attached hydrogens (tertiary/aromatic N) is 6. The molecule has 0 saturated carbocycles. The van der Waals surface area contributed by atoms with Crippen molar-refractivity contribution in [1.82, 2.24) is 19.8 Å². The smallest absolute Gasteiger partial charge is 0.328 e. The number of ether oxygens (including phenoxy) is 3. The van der Waals surface area contributed by atoms with Crippen molar-refractivity contribution >= 4 is 29.3 Å². The standard InChI is InChI=1S/C28H38N8O5/c1-34-9-6-10-35(24(37)18-34)17-20-13-19-7-5-11-36(26(19)33-25(20)27(40-3)41-4)28(38)32-23-14-22(30-8-12-39-2)21(15-29)16-31-23/h13-14,16,27H,5-12,17-18H2,1-4H3,(H2,30,31,32,38). The molecule has 2 N–H and O–H groups in total. The second-order valence-electron chi connectivity index (χ2n) is 10.1. The van der Waals surface area contributed by atoms with Crippen molar-refractivity contribution in [2.45, 2.75) is 32.1 Å². The fourth-order valence-electron chi connectivity index (χ4n) is 5.07. The highest BCUT2D eigenvalue weighted by molar-refractivity contribution is 6.01. The summed E-state index contributed by atoms with van der Waals surface area (Å²) in [4.78, 5) is 41.0. The van der Waals surface area contributed by atoms with Crippen LogP contribution in [-0.2, 0) is 32.0 Å². The van der Waals surface area contributed by atoms with E-state index in [1.54, 1.807) is 18.1 Å². The van der Waals surface area contributed by atoms with Crippen molar-refractivity contribution in [3.63, 3.8) is 0 Å². The van der Waals surface area contributed by atoms with Crippen LogP contribution in [0.4, 0.5) is 22.1 Å². The lowest BCUT2D eigenvalue weighted by Crippen LogP contribution is -2.40. The van der Waals surface area contributed by atoms with Crippen molar-refractivity contribution in [2.24, 2.45) is 0 Å². The lowest BCUT2D eigenvalue weighted by atomic mass is 10.0. The van der Waals surface area contributed by atoms with Crippen LogP contribution in [0.2, 0.25) is 0 Å². The van der Waals surface area contributed by atoms with Crippen molar-refractivity contribution in [2.75, 3.05) is 83.2 Å². The summed E-state index contributed by atoms with van der Waals surface area (Å²) in [5.74, 6) is 0.877. The van der Waals surface area contributed by atoms with Gasteiger partial charge in [-0.3, -0.25) is 19.9 Å². The predicted molar refractivity (Wildman–Crippen MR) is 153 cm³/mol. The van der Waals surface area contributed by atoms with Crippen LogP contribution in [0.5, 0.6) is 0 Å². The number of pyridine rings is 2. The number of methoxy groups -OCH3 is 3. The zero-order chi connectivity index (χ0) is 29.4. The molecule has 1 saturated heterocycles. The number of amides is 3. The second kappa shape index (κ2) is 14.2. The van der Waals surface area contributed by atoms with E-state index < -0.39 is 12.3 Å². The SMILES string of the molecule is COCCNc1cc(NC(=O)N2CCCc3cc(CN4CCCN(C)CC4=O)c(C(OC)OC)nc32)ncc1C#N. The van der Waals surface area contributed by atoms with Crippen LogP contribution in [0.3, 0.4) is 0 Å². The van der Waals surface area contributed by atoms with Crippen LogP contribution in [0.25, 0.3) is 0 Å². The highest BCUT2D eigenvalue weighted by atomic mass is 16.7. The number of anilines is 3. The molecule has 1 fully saturated rings. The molecule has 13 heteroatoms. The van der Waals surface area contributed by atoms with E-state index in [0.29, 0.717) is 67.9 Å². The van der Waals surface area contributed by atoms with Gasteiger partial charge >= 0.3 is 6.03 Å². The Labute approximate surface area is 240 Å². The van der Waals surface area contributed by atoms with Gasteiger partial charge in [0.25, 0.3) is 0 Å². The van der Waals surface area contributed by atoms with E-state index in [-0.39, 0.29) is 5.91 Å². The monoisotopic (exact) mass is 566 g/mol. The van der Waals surface area contributed by atoms with Crippen LogP contribution in [0, 0.1) is 11.3 Å². The Kier molecular flexibility index (Phi) is 10.4. The van der Waals surface area contributed by atoms with E-state index in [1.165, 1.54) is 20.4 Å². The molecule has 4 rings (SSSR count). The maximum absolute atomic E-state index is 13.5. The third-order valence-electron chi connectivity index (χ3n) is 7.14. The lowest BCUT2D eigenvalue weighted by Gasteiger charge is -2.31. The van der Waals surface area contributed by atoms with E-state index in [1.807, 2.05) is 22.9 Å². The highest BCUT2D eigenvalue weighted by Gasteiger charge is 2.30. The zero-order valence-corrected chi connectivity index (χ0v) is 24.1. The molecule has 0 atom stereocenters. The van der Waals surface area contributed by atoms with Crippen LogP contribution >= 0.6 is 0 Å². The topological polar surface area (TPSA) is 145 Å². The van der Waals surface area contributed by atoms with Gasteiger partial charge in [-0.2, -0.15) is 5.26 Å². The molecular formula is C28H38N8O5. The lowest BCUT2D eigenvalue weighted by molar-refractivity contribution is -0.131. The number of fused-ring (bicyclic) bond motifs is 1. The molecule has 0 spiro atoms. The normalized spacial score (nSPS) is 15.9.